The fourth-order valence-corrected chi connectivity index (χ4v) is 3.75. The fraction of sp³-hybridized carbons (Fsp3) is 0.280. The molecule has 0 saturated heterocycles. The molecule has 4 rings (SSSR count). The Kier molecular flexibility index (Phi) is 5.80. The molecule has 6 heteroatoms. The van der Waals surface area contributed by atoms with Crippen LogP contribution in [0, 0.1) is 13.8 Å². The molecule has 2 aromatic carbocycles. The highest BCUT2D eigenvalue weighted by atomic mass is 16.5. The highest BCUT2D eigenvalue weighted by Crippen LogP contribution is 2.29. The van der Waals surface area contributed by atoms with Gasteiger partial charge < -0.3 is 18.6 Å². The van der Waals surface area contributed by atoms with Crippen molar-refractivity contribution < 1.29 is 18.5 Å². The smallest absolute Gasteiger partial charge is 0.257 e. The molecule has 6 nitrogen and oxygen atoms in total. The van der Waals surface area contributed by atoms with E-state index in [1.807, 2.05) is 56.3 Å². The van der Waals surface area contributed by atoms with Gasteiger partial charge in [-0.15, -0.1) is 0 Å². The lowest BCUT2D eigenvalue weighted by atomic mass is 10.1. The van der Waals surface area contributed by atoms with Gasteiger partial charge in [0.1, 0.15) is 29.5 Å². The number of aromatic nitrogens is 1. The second-order valence-electron chi connectivity index (χ2n) is 7.60. The van der Waals surface area contributed by atoms with Gasteiger partial charge in [-0.2, -0.15) is 0 Å². The van der Waals surface area contributed by atoms with Gasteiger partial charge >= 0.3 is 0 Å². The van der Waals surface area contributed by atoms with Crippen molar-refractivity contribution in [1.29, 1.82) is 0 Å². The number of amides is 1. The first kappa shape index (κ1) is 20.7. The Balaban J connectivity index is 1.56. The highest BCUT2D eigenvalue weighted by Gasteiger charge is 2.21. The number of aryl methyl sites for hydroxylation is 3. The van der Waals surface area contributed by atoms with E-state index in [1.165, 1.54) is 0 Å². The normalized spacial score (nSPS) is 11.1. The minimum atomic E-state index is -0.110. The van der Waals surface area contributed by atoms with Gasteiger partial charge in [-0.1, -0.05) is 42.4 Å². The summed E-state index contributed by atoms with van der Waals surface area (Å²) < 4.78 is 17.2. The lowest BCUT2D eigenvalue weighted by molar-refractivity contribution is 0.0780. The van der Waals surface area contributed by atoms with Crippen molar-refractivity contribution in [3.63, 3.8) is 0 Å². The summed E-state index contributed by atoms with van der Waals surface area (Å²) in [7, 11) is 1.80. The SMILES string of the molecule is CCc1oc2ccccc2c1CN(C)C(=O)c1ccccc1OCc1c(C)noc1C. The minimum Gasteiger partial charge on any atom is -0.488 e. The summed E-state index contributed by atoms with van der Waals surface area (Å²) in [5, 5.41) is 5.00. The monoisotopic (exact) mass is 418 g/mol. The lowest BCUT2D eigenvalue weighted by Gasteiger charge is -2.19. The average Bonchev–Trinajstić information content (AvgIpc) is 3.31. The molecule has 2 aromatic heterocycles. The molecule has 0 saturated carbocycles. The van der Waals surface area contributed by atoms with E-state index in [9.17, 15) is 4.79 Å². The van der Waals surface area contributed by atoms with E-state index in [0.717, 1.165) is 45.7 Å². The largest absolute Gasteiger partial charge is 0.488 e. The van der Waals surface area contributed by atoms with Gasteiger partial charge in [-0.05, 0) is 32.0 Å². The number of fused-ring (bicyclic) bond motifs is 1. The van der Waals surface area contributed by atoms with Crippen LogP contribution in [0.2, 0.25) is 0 Å². The predicted molar refractivity (Wildman–Crippen MR) is 118 cm³/mol. The first-order chi connectivity index (χ1) is 15.0. The molecule has 0 spiro atoms. The molecule has 1 amide bonds. The van der Waals surface area contributed by atoms with Gasteiger partial charge in [0.15, 0.2) is 0 Å². The second kappa shape index (κ2) is 8.68. The van der Waals surface area contributed by atoms with Gasteiger partial charge in [0.2, 0.25) is 0 Å². The van der Waals surface area contributed by atoms with E-state index in [0.29, 0.717) is 24.5 Å². The molecule has 2 heterocycles. The van der Waals surface area contributed by atoms with E-state index < -0.39 is 0 Å². The topological polar surface area (TPSA) is 68.7 Å². The zero-order valence-electron chi connectivity index (χ0n) is 18.3. The van der Waals surface area contributed by atoms with E-state index in [2.05, 4.69) is 12.1 Å². The summed E-state index contributed by atoms with van der Waals surface area (Å²) in [6, 6.07) is 15.2. The molecule has 0 unspecified atom stereocenters. The summed E-state index contributed by atoms with van der Waals surface area (Å²) >= 11 is 0. The number of furan rings is 1. The Hall–Kier alpha value is -3.54. The van der Waals surface area contributed by atoms with Crippen LogP contribution in [-0.4, -0.2) is 23.0 Å². The number of para-hydroxylation sites is 2. The molecule has 0 N–H and O–H groups in total. The standard InChI is InChI=1S/C25H26N2O4/c1-5-22-20(18-10-6-9-13-24(18)30-22)14-27(4)25(28)19-11-7-8-12-23(19)29-15-21-16(2)26-31-17(21)3/h6-13H,5,14-15H2,1-4H3. The summed E-state index contributed by atoms with van der Waals surface area (Å²) in [5.74, 6) is 2.05. The van der Waals surface area contributed by atoms with E-state index in [-0.39, 0.29) is 5.91 Å². The Morgan fingerprint density at radius 1 is 1.06 bits per heavy atom. The highest BCUT2D eigenvalue weighted by molar-refractivity contribution is 5.97. The number of rotatable bonds is 7. The molecule has 0 aliphatic carbocycles. The maximum absolute atomic E-state index is 13.3. The maximum atomic E-state index is 13.3. The van der Waals surface area contributed by atoms with Crippen LogP contribution in [0.5, 0.6) is 5.75 Å². The summed E-state index contributed by atoms with van der Waals surface area (Å²) in [6.07, 6.45) is 0.767. The third-order valence-corrected chi connectivity index (χ3v) is 5.52. The molecule has 0 aliphatic rings. The van der Waals surface area contributed by atoms with Crippen LogP contribution in [0.1, 0.15) is 45.6 Å². The van der Waals surface area contributed by atoms with Crippen molar-refractivity contribution in [2.45, 2.75) is 40.3 Å². The minimum absolute atomic E-state index is 0.110. The molecule has 0 aliphatic heterocycles. The second-order valence-corrected chi connectivity index (χ2v) is 7.60. The molecule has 160 valence electrons. The first-order valence-corrected chi connectivity index (χ1v) is 10.4. The third-order valence-electron chi connectivity index (χ3n) is 5.52. The number of ether oxygens (including phenoxy) is 1. The molecule has 0 bridgehead atoms. The average molecular weight is 418 g/mol. The van der Waals surface area contributed by atoms with Crippen molar-refractivity contribution >= 4 is 16.9 Å². The van der Waals surface area contributed by atoms with E-state index in [1.54, 1.807) is 18.0 Å². The number of hydrogen-bond acceptors (Lipinski definition) is 5. The molecule has 31 heavy (non-hydrogen) atoms. The number of carbonyl (C=O) groups is 1. The zero-order chi connectivity index (χ0) is 22.0. The molecule has 4 aromatic rings. The van der Waals surface area contributed by atoms with Crippen LogP contribution in [0.3, 0.4) is 0 Å². The number of carbonyl (C=O) groups excluding carboxylic acids is 1. The first-order valence-electron chi connectivity index (χ1n) is 10.4. The Bertz CT molecular complexity index is 1200. The van der Waals surface area contributed by atoms with Crippen molar-refractivity contribution in [3.8, 4) is 5.75 Å². The molecular formula is C25H26N2O4. The van der Waals surface area contributed by atoms with E-state index >= 15 is 0 Å². The fourth-order valence-electron chi connectivity index (χ4n) is 3.75. The van der Waals surface area contributed by atoms with Crippen molar-refractivity contribution in [2.75, 3.05) is 7.05 Å². The maximum Gasteiger partial charge on any atom is 0.257 e. The lowest BCUT2D eigenvalue weighted by Crippen LogP contribution is -2.27. The Labute approximate surface area is 181 Å². The quantitative estimate of drug-likeness (QED) is 0.399. The Morgan fingerprint density at radius 2 is 1.81 bits per heavy atom. The van der Waals surface area contributed by atoms with Crippen LogP contribution in [0.15, 0.2) is 57.5 Å². The Morgan fingerprint density at radius 3 is 2.55 bits per heavy atom. The summed E-state index contributed by atoms with van der Waals surface area (Å²) in [6.45, 7) is 6.53. The predicted octanol–water partition coefficient (Wildman–Crippen LogP) is 5.45. The summed E-state index contributed by atoms with van der Waals surface area (Å²) in [4.78, 5) is 15.0. The van der Waals surface area contributed by atoms with E-state index in [4.69, 9.17) is 13.7 Å². The number of nitrogens with zero attached hydrogens (tertiary/aromatic N) is 2. The molecule has 0 radical (unpaired) electrons. The van der Waals surface area contributed by atoms with Crippen LogP contribution in [-0.2, 0) is 19.6 Å². The van der Waals surface area contributed by atoms with Gasteiger partial charge in [0.05, 0.1) is 16.8 Å². The van der Waals surface area contributed by atoms with Gasteiger partial charge in [0.25, 0.3) is 5.91 Å². The van der Waals surface area contributed by atoms with Crippen LogP contribution in [0.25, 0.3) is 11.0 Å². The van der Waals surface area contributed by atoms with Crippen molar-refractivity contribution in [2.24, 2.45) is 0 Å². The van der Waals surface area contributed by atoms with Gasteiger partial charge in [-0.25, -0.2) is 0 Å². The molecule has 0 atom stereocenters. The van der Waals surface area contributed by atoms with Crippen LogP contribution < -0.4 is 4.74 Å². The summed E-state index contributed by atoms with van der Waals surface area (Å²) in [5.41, 5.74) is 4.09. The molecule has 0 fully saturated rings. The number of benzene rings is 2. The third kappa shape index (κ3) is 4.06. The number of hydrogen-bond donors (Lipinski definition) is 0. The van der Waals surface area contributed by atoms with Crippen LogP contribution in [0.4, 0.5) is 0 Å². The van der Waals surface area contributed by atoms with Crippen molar-refractivity contribution in [3.05, 3.63) is 82.4 Å². The van der Waals surface area contributed by atoms with Crippen LogP contribution >= 0.6 is 0 Å². The zero-order valence-corrected chi connectivity index (χ0v) is 18.3. The van der Waals surface area contributed by atoms with Crippen molar-refractivity contribution in [1.82, 2.24) is 10.1 Å². The van der Waals surface area contributed by atoms with Gasteiger partial charge in [0, 0.05) is 31.0 Å². The molecular weight excluding hydrogens is 392 g/mol. The van der Waals surface area contributed by atoms with Gasteiger partial charge in [-0.3, -0.25) is 4.79 Å².